The molecule has 1 aromatic heterocycles. The second-order valence-electron chi connectivity index (χ2n) is 11.4. The molecule has 0 spiro atoms. The van der Waals surface area contributed by atoms with E-state index in [1.54, 1.807) is 75.4 Å². The van der Waals surface area contributed by atoms with E-state index >= 15 is 0 Å². The van der Waals surface area contributed by atoms with Crippen molar-refractivity contribution in [1.82, 2.24) is 14.8 Å². The van der Waals surface area contributed by atoms with E-state index in [1.807, 2.05) is 6.07 Å². The Balaban J connectivity index is 1.64. The minimum absolute atomic E-state index is 0.00465. The minimum atomic E-state index is -3.70. The minimum Gasteiger partial charge on any atom is -0.491 e. The first-order valence-electron chi connectivity index (χ1n) is 15.1. The van der Waals surface area contributed by atoms with Crippen molar-refractivity contribution in [2.45, 2.75) is 37.2 Å². The zero-order valence-electron chi connectivity index (χ0n) is 26.2. The normalized spacial score (nSPS) is 17.1. The van der Waals surface area contributed by atoms with Gasteiger partial charge in [-0.1, -0.05) is 31.2 Å². The lowest BCUT2D eigenvalue weighted by Gasteiger charge is -2.33. The second kappa shape index (κ2) is 13.3. The van der Waals surface area contributed by atoms with Crippen molar-refractivity contribution >= 4 is 43.9 Å². The molecular weight excluding hydrogens is 609 g/mol. The zero-order valence-corrected chi connectivity index (χ0v) is 27.1. The van der Waals surface area contributed by atoms with Crippen LogP contribution in [-0.2, 0) is 19.4 Å². The number of likely N-dealkylation sites (tertiary alicyclic amines) is 1. The Kier molecular flexibility index (Phi) is 9.47. The van der Waals surface area contributed by atoms with Crippen LogP contribution in [0, 0.1) is 11.7 Å². The molecule has 0 aliphatic carbocycles. The number of rotatable bonds is 10. The van der Waals surface area contributed by atoms with Gasteiger partial charge in [0.15, 0.2) is 21.4 Å². The fourth-order valence-corrected chi connectivity index (χ4v) is 7.20. The first-order valence-corrected chi connectivity index (χ1v) is 16.8. The predicted molar refractivity (Wildman–Crippen MR) is 176 cm³/mol. The summed E-state index contributed by atoms with van der Waals surface area (Å²) in [5.74, 6) is -1.65. The number of halogens is 1. The predicted octanol–water partition coefficient (Wildman–Crippen LogP) is 4.98. The van der Waals surface area contributed by atoms with Gasteiger partial charge in [-0.15, -0.1) is 0 Å². The standard InChI is InChI=1S/C34H38FN5O5S/c1-5-45-28-20-22(11-14-27(28)35)30(38-23-12-13-24-21(19-23)15-17-37-32(24)36)34(42)40-18-16-26(33(41)39(3)4)31(40)25-9-7-8-10-29(25)46(43,44)6-2/h7-15,17,19-20,26,30-31,38H,5-6,16,18H2,1-4H3,(H2,36,37)/t26-,30+,31-/m0/s1. The molecule has 242 valence electrons. The van der Waals surface area contributed by atoms with Gasteiger partial charge in [-0.3, -0.25) is 9.59 Å². The summed E-state index contributed by atoms with van der Waals surface area (Å²) in [6.07, 6.45) is 1.92. The van der Waals surface area contributed by atoms with Crippen LogP contribution < -0.4 is 15.8 Å². The van der Waals surface area contributed by atoms with Crippen molar-refractivity contribution in [3.05, 3.63) is 89.9 Å². The fourth-order valence-electron chi connectivity index (χ4n) is 6.05. The number of hydrogen-bond donors (Lipinski definition) is 2. The number of nitrogen functional groups attached to an aromatic ring is 1. The summed E-state index contributed by atoms with van der Waals surface area (Å²) < 4.78 is 46.7. The van der Waals surface area contributed by atoms with Gasteiger partial charge < -0.3 is 25.6 Å². The number of pyridine rings is 1. The van der Waals surface area contributed by atoms with Crippen molar-refractivity contribution in [3.63, 3.8) is 0 Å². The van der Waals surface area contributed by atoms with Crippen LogP contribution in [0.5, 0.6) is 5.75 Å². The lowest BCUT2D eigenvalue weighted by molar-refractivity contribution is -0.137. The Morgan fingerprint density at radius 1 is 1.11 bits per heavy atom. The highest BCUT2D eigenvalue weighted by Gasteiger charge is 2.46. The van der Waals surface area contributed by atoms with Crippen LogP contribution in [0.4, 0.5) is 15.9 Å². The average Bonchev–Trinajstić information content (AvgIpc) is 3.49. The second-order valence-corrected chi connectivity index (χ2v) is 13.6. The van der Waals surface area contributed by atoms with E-state index in [0.29, 0.717) is 29.1 Å². The smallest absolute Gasteiger partial charge is 0.250 e. The number of benzene rings is 3. The van der Waals surface area contributed by atoms with Gasteiger partial charge in [-0.05, 0) is 72.3 Å². The molecule has 46 heavy (non-hydrogen) atoms. The van der Waals surface area contributed by atoms with Crippen LogP contribution in [0.3, 0.4) is 0 Å². The topological polar surface area (TPSA) is 135 Å². The maximum absolute atomic E-state index is 14.8. The molecule has 10 nitrogen and oxygen atoms in total. The first-order chi connectivity index (χ1) is 22.0. The van der Waals surface area contributed by atoms with E-state index in [4.69, 9.17) is 10.5 Å². The number of hydrogen-bond acceptors (Lipinski definition) is 8. The Hall–Kier alpha value is -4.71. The van der Waals surface area contributed by atoms with E-state index in [0.717, 1.165) is 10.8 Å². The summed E-state index contributed by atoms with van der Waals surface area (Å²) in [5, 5.41) is 4.87. The SMILES string of the molecule is CCOc1cc([C@@H](Nc2ccc3c(N)nccc3c2)C(=O)N2CC[C@H](C(=O)N(C)C)[C@@H]2c2ccccc2S(=O)(=O)CC)ccc1F. The maximum atomic E-state index is 14.8. The summed E-state index contributed by atoms with van der Waals surface area (Å²) in [4.78, 5) is 35.6. The highest BCUT2D eigenvalue weighted by Crippen LogP contribution is 2.43. The van der Waals surface area contributed by atoms with Crippen LogP contribution >= 0.6 is 0 Å². The third kappa shape index (κ3) is 6.34. The summed E-state index contributed by atoms with van der Waals surface area (Å²) in [7, 11) is -0.424. The van der Waals surface area contributed by atoms with Crippen LogP contribution in [0.25, 0.3) is 10.8 Å². The zero-order chi connectivity index (χ0) is 33.2. The Morgan fingerprint density at radius 3 is 2.59 bits per heavy atom. The Bertz CT molecular complexity index is 1880. The van der Waals surface area contributed by atoms with Crippen LogP contribution in [0.15, 0.2) is 77.8 Å². The highest BCUT2D eigenvalue weighted by molar-refractivity contribution is 7.91. The maximum Gasteiger partial charge on any atom is 0.250 e. The summed E-state index contributed by atoms with van der Waals surface area (Å²) >= 11 is 0. The number of aromatic nitrogens is 1. The number of carbonyl (C=O) groups excluding carboxylic acids is 2. The number of ether oxygens (including phenoxy) is 1. The fraction of sp³-hybridized carbons (Fsp3) is 0.324. The molecule has 3 N–H and O–H groups in total. The van der Waals surface area contributed by atoms with E-state index in [-0.39, 0.29) is 35.5 Å². The molecule has 1 saturated heterocycles. The molecular formula is C34H38FN5O5S. The van der Waals surface area contributed by atoms with Gasteiger partial charge >= 0.3 is 0 Å². The third-order valence-electron chi connectivity index (χ3n) is 8.33. The Labute approximate surface area is 268 Å². The number of fused-ring (bicyclic) bond motifs is 1. The largest absolute Gasteiger partial charge is 0.491 e. The van der Waals surface area contributed by atoms with Gasteiger partial charge in [0, 0.05) is 37.9 Å². The van der Waals surface area contributed by atoms with E-state index in [9.17, 15) is 22.4 Å². The van der Waals surface area contributed by atoms with Crippen molar-refractivity contribution in [3.8, 4) is 5.75 Å². The summed E-state index contributed by atoms with van der Waals surface area (Å²) in [6.45, 7) is 3.72. The van der Waals surface area contributed by atoms with E-state index in [2.05, 4.69) is 10.3 Å². The highest BCUT2D eigenvalue weighted by atomic mass is 32.2. The number of sulfone groups is 1. The molecule has 0 bridgehead atoms. The number of amides is 2. The van der Waals surface area contributed by atoms with Gasteiger partial charge in [-0.2, -0.15) is 0 Å². The molecule has 1 fully saturated rings. The molecule has 1 aliphatic rings. The van der Waals surface area contributed by atoms with Crippen molar-refractivity contribution < 1.29 is 27.1 Å². The quantitative estimate of drug-likeness (QED) is 0.246. The number of nitrogens with one attached hydrogen (secondary N) is 1. The molecule has 3 atom stereocenters. The van der Waals surface area contributed by atoms with E-state index in [1.165, 1.54) is 29.2 Å². The molecule has 0 saturated carbocycles. The number of anilines is 2. The van der Waals surface area contributed by atoms with Gasteiger partial charge in [0.1, 0.15) is 11.9 Å². The molecule has 1 aliphatic heterocycles. The molecule has 4 aromatic rings. The van der Waals surface area contributed by atoms with Gasteiger partial charge in [-0.25, -0.2) is 17.8 Å². The van der Waals surface area contributed by atoms with Crippen LogP contribution in [0.2, 0.25) is 0 Å². The molecule has 2 amide bonds. The molecule has 5 rings (SSSR count). The van der Waals surface area contributed by atoms with Crippen molar-refractivity contribution in [2.75, 3.05) is 44.1 Å². The van der Waals surface area contributed by atoms with Crippen LogP contribution in [-0.4, -0.2) is 68.0 Å². The molecule has 12 heteroatoms. The lowest BCUT2D eigenvalue weighted by Crippen LogP contribution is -2.41. The van der Waals surface area contributed by atoms with Gasteiger partial charge in [0.2, 0.25) is 11.8 Å². The molecule has 2 heterocycles. The molecule has 0 unspecified atom stereocenters. The summed E-state index contributed by atoms with van der Waals surface area (Å²) in [6, 6.07) is 16.1. The third-order valence-corrected chi connectivity index (χ3v) is 10.1. The van der Waals surface area contributed by atoms with Gasteiger partial charge in [0.05, 0.1) is 29.2 Å². The Morgan fingerprint density at radius 2 is 1.87 bits per heavy atom. The monoisotopic (exact) mass is 647 g/mol. The number of carbonyl (C=O) groups is 2. The summed E-state index contributed by atoms with van der Waals surface area (Å²) in [5.41, 5.74) is 7.46. The average molecular weight is 648 g/mol. The van der Waals surface area contributed by atoms with Crippen molar-refractivity contribution in [1.29, 1.82) is 0 Å². The van der Waals surface area contributed by atoms with E-state index < -0.39 is 39.6 Å². The molecule has 0 radical (unpaired) electrons. The molecule has 3 aromatic carbocycles. The number of nitrogens with two attached hydrogens (primary N) is 1. The lowest BCUT2D eigenvalue weighted by atomic mass is 9.92. The first kappa shape index (κ1) is 32.7. The van der Waals surface area contributed by atoms with Crippen molar-refractivity contribution in [2.24, 2.45) is 5.92 Å². The van der Waals surface area contributed by atoms with Gasteiger partial charge in [0.25, 0.3) is 0 Å². The van der Waals surface area contributed by atoms with Crippen LogP contribution in [0.1, 0.15) is 43.5 Å². The number of nitrogens with zero attached hydrogens (tertiary/aromatic N) is 3.